The quantitative estimate of drug-likeness (QED) is 0.594. The van der Waals surface area contributed by atoms with Crippen molar-refractivity contribution >= 4 is 17.6 Å². The summed E-state index contributed by atoms with van der Waals surface area (Å²) in [4.78, 5) is 29.3. The topological polar surface area (TPSA) is 57.6 Å². The summed E-state index contributed by atoms with van der Waals surface area (Å²) in [6.45, 7) is 11.4. The molecule has 6 nitrogen and oxygen atoms in total. The maximum atomic E-state index is 13.1. The fourth-order valence-electron chi connectivity index (χ4n) is 3.26. The van der Waals surface area contributed by atoms with Crippen LogP contribution in [0.1, 0.15) is 32.0 Å². The molecule has 1 heterocycles. The van der Waals surface area contributed by atoms with E-state index in [4.69, 9.17) is 0 Å². The number of aryl methyl sites for hydroxylation is 2. The summed E-state index contributed by atoms with van der Waals surface area (Å²) in [5.74, 6) is 0.247. The van der Waals surface area contributed by atoms with Gasteiger partial charge in [-0.25, -0.2) is 4.79 Å². The molecule has 0 aliphatic carbocycles. The summed E-state index contributed by atoms with van der Waals surface area (Å²) in [6.07, 6.45) is 4.50. The Hall–Kier alpha value is -3.02. The molecule has 0 radical (unpaired) electrons. The molecular weight excluding hydrogens is 376 g/mol. The zero-order valence-corrected chi connectivity index (χ0v) is 18.6. The highest BCUT2D eigenvalue weighted by Crippen LogP contribution is 2.13. The van der Waals surface area contributed by atoms with Crippen LogP contribution in [-0.4, -0.2) is 45.9 Å². The Labute approximate surface area is 180 Å². The predicted molar refractivity (Wildman–Crippen MR) is 122 cm³/mol. The van der Waals surface area contributed by atoms with Gasteiger partial charge in [0.1, 0.15) is 6.54 Å². The van der Waals surface area contributed by atoms with Crippen molar-refractivity contribution in [2.75, 3.05) is 25.0 Å². The largest absolute Gasteiger partial charge is 0.353 e. The minimum absolute atomic E-state index is 0.00245. The second-order valence-corrected chi connectivity index (χ2v) is 7.93. The van der Waals surface area contributed by atoms with Crippen LogP contribution in [-0.2, 0) is 24.8 Å². The molecule has 162 valence electrons. The molecule has 0 aliphatic heterocycles. The standard InChI is InChI=1S/C24H34N4O2/c1-6-13-27(24(30)25-21-11-8-10-20(7-2)15-21)18-23(29)28(16-19(3)4)17-22-12-9-14-26(22)5/h6,8-12,14-15,19H,1,7,13,16-18H2,2-5H3,(H,25,30). The fraction of sp³-hybridized carbons (Fsp3) is 0.417. The van der Waals surface area contributed by atoms with E-state index in [2.05, 4.69) is 32.7 Å². The first-order chi connectivity index (χ1) is 14.3. The van der Waals surface area contributed by atoms with Gasteiger partial charge in [-0.1, -0.05) is 39.0 Å². The highest BCUT2D eigenvalue weighted by molar-refractivity contribution is 5.92. The predicted octanol–water partition coefficient (Wildman–Crippen LogP) is 4.29. The molecule has 6 heteroatoms. The Morgan fingerprint density at radius 2 is 1.97 bits per heavy atom. The molecule has 0 atom stereocenters. The molecule has 0 unspecified atom stereocenters. The van der Waals surface area contributed by atoms with Crippen LogP contribution in [0.15, 0.2) is 55.3 Å². The number of carbonyl (C=O) groups excluding carboxylic acids is 2. The molecule has 2 aromatic rings. The molecular formula is C24H34N4O2. The number of aromatic nitrogens is 1. The molecule has 0 aliphatic rings. The van der Waals surface area contributed by atoms with Crippen molar-refractivity contribution in [3.05, 3.63) is 66.5 Å². The van der Waals surface area contributed by atoms with Crippen molar-refractivity contribution in [1.82, 2.24) is 14.4 Å². The van der Waals surface area contributed by atoms with Crippen LogP contribution in [0.25, 0.3) is 0 Å². The van der Waals surface area contributed by atoms with Gasteiger partial charge in [-0.15, -0.1) is 6.58 Å². The molecule has 0 fully saturated rings. The first kappa shape index (κ1) is 23.3. The smallest absolute Gasteiger partial charge is 0.322 e. The van der Waals surface area contributed by atoms with Crippen molar-refractivity contribution in [3.63, 3.8) is 0 Å². The molecule has 0 saturated heterocycles. The van der Waals surface area contributed by atoms with Gasteiger partial charge in [0.15, 0.2) is 0 Å². The minimum Gasteiger partial charge on any atom is -0.353 e. The molecule has 0 spiro atoms. The number of nitrogens with one attached hydrogen (secondary N) is 1. The van der Waals surface area contributed by atoms with Gasteiger partial charge >= 0.3 is 6.03 Å². The van der Waals surface area contributed by atoms with Crippen LogP contribution in [0, 0.1) is 5.92 Å². The van der Waals surface area contributed by atoms with E-state index in [0.29, 0.717) is 25.6 Å². The highest BCUT2D eigenvalue weighted by atomic mass is 16.2. The second-order valence-electron chi connectivity index (χ2n) is 7.93. The molecule has 1 aromatic carbocycles. The Morgan fingerprint density at radius 1 is 1.20 bits per heavy atom. The molecule has 1 N–H and O–H groups in total. The molecule has 2 rings (SSSR count). The number of amides is 3. The Morgan fingerprint density at radius 3 is 2.57 bits per heavy atom. The number of nitrogens with zero attached hydrogens (tertiary/aromatic N) is 3. The highest BCUT2D eigenvalue weighted by Gasteiger charge is 2.22. The fourth-order valence-corrected chi connectivity index (χ4v) is 3.26. The van der Waals surface area contributed by atoms with Crippen LogP contribution in [0.2, 0.25) is 0 Å². The normalized spacial score (nSPS) is 10.7. The van der Waals surface area contributed by atoms with E-state index < -0.39 is 0 Å². The van der Waals surface area contributed by atoms with E-state index in [1.54, 1.807) is 6.08 Å². The summed E-state index contributed by atoms with van der Waals surface area (Å²) in [5, 5.41) is 2.91. The maximum absolute atomic E-state index is 13.1. The second kappa shape index (κ2) is 11.2. The Kier molecular flexibility index (Phi) is 8.71. The van der Waals surface area contributed by atoms with Crippen LogP contribution < -0.4 is 5.32 Å². The zero-order chi connectivity index (χ0) is 22.1. The first-order valence-corrected chi connectivity index (χ1v) is 10.5. The minimum atomic E-state index is -0.306. The molecule has 1 aromatic heterocycles. The van der Waals surface area contributed by atoms with Crippen LogP contribution in [0.4, 0.5) is 10.5 Å². The molecule has 3 amide bonds. The van der Waals surface area contributed by atoms with E-state index in [1.165, 1.54) is 4.90 Å². The van der Waals surface area contributed by atoms with E-state index in [9.17, 15) is 9.59 Å². The summed E-state index contributed by atoms with van der Waals surface area (Å²) in [6, 6.07) is 11.4. The molecule has 30 heavy (non-hydrogen) atoms. The molecule has 0 bridgehead atoms. The number of rotatable bonds is 10. The van der Waals surface area contributed by atoms with Crippen molar-refractivity contribution in [3.8, 4) is 0 Å². The van der Waals surface area contributed by atoms with Gasteiger partial charge in [0, 0.05) is 37.7 Å². The van der Waals surface area contributed by atoms with Crippen molar-refractivity contribution in [2.24, 2.45) is 13.0 Å². The van der Waals surface area contributed by atoms with Gasteiger partial charge in [0.25, 0.3) is 0 Å². The van der Waals surface area contributed by atoms with Crippen molar-refractivity contribution in [1.29, 1.82) is 0 Å². The summed E-state index contributed by atoms with van der Waals surface area (Å²) < 4.78 is 2.01. The van der Waals surface area contributed by atoms with E-state index >= 15 is 0 Å². The van der Waals surface area contributed by atoms with Gasteiger partial charge in [0.2, 0.25) is 5.91 Å². The first-order valence-electron chi connectivity index (χ1n) is 10.5. The van der Waals surface area contributed by atoms with Crippen LogP contribution in [0.5, 0.6) is 0 Å². The third kappa shape index (κ3) is 6.79. The van der Waals surface area contributed by atoms with Gasteiger partial charge in [-0.05, 0) is 42.2 Å². The monoisotopic (exact) mass is 410 g/mol. The summed E-state index contributed by atoms with van der Waals surface area (Å²) >= 11 is 0. The lowest BCUT2D eigenvalue weighted by molar-refractivity contribution is -0.132. The van der Waals surface area contributed by atoms with Gasteiger partial charge in [-0.2, -0.15) is 0 Å². The lowest BCUT2D eigenvalue weighted by Gasteiger charge is -2.28. The number of hydrogen-bond acceptors (Lipinski definition) is 2. The van der Waals surface area contributed by atoms with E-state index in [-0.39, 0.29) is 18.5 Å². The molecule has 0 saturated carbocycles. The van der Waals surface area contributed by atoms with Gasteiger partial charge < -0.3 is 19.7 Å². The third-order valence-electron chi connectivity index (χ3n) is 4.89. The summed E-state index contributed by atoms with van der Waals surface area (Å²) in [5.41, 5.74) is 2.92. The Bertz CT molecular complexity index is 856. The number of urea groups is 1. The average Bonchev–Trinajstić information content (AvgIpc) is 3.11. The number of benzene rings is 1. The summed E-state index contributed by atoms with van der Waals surface area (Å²) in [7, 11) is 1.97. The number of anilines is 1. The van der Waals surface area contributed by atoms with Gasteiger partial charge in [0.05, 0.1) is 6.54 Å². The lowest BCUT2D eigenvalue weighted by atomic mass is 10.1. The number of carbonyl (C=O) groups is 2. The van der Waals surface area contributed by atoms with E-state index in [0.717, 1.165) is 23.4 Å². The maximum Gasteiger partial charge on any atom is 0.322 e. The van der Waals surface area contributed by atoms with Crippen molar-refractivity contribution in [2.45, 2.75) is 33.7 Å². The number of hydrogen-bond donors (Lipinski definition) is 1. The average molecular weight is 411 g/mol. The van der Waals surface area contributed by atoms with Gasteiger partial charge in [-0.3, -0.25) is 4.79 Å². The zero-order valence-electron chi connectivity index (χ0n) is 18.6. The lowest BCUT2D eigenvalue weighted by Crippen LogP contribution is -2.45. The third-order valence-corrected chi connectivity index (χ3v) is 4.89. The van der Waals surface area contributed by atoms with Crippen molar-refractivity contribution < 1.29 is 9.59 Å². The van der Waals surface area contributed by atoms with Crippen LogP contribution >= 0.6 is 0 Å². The Balaban J connectivity index is 2.10. The van der Waals surface area contributed by atoms with E-state index in [1.807, 2.05) is 59.1 Å². The SMILES string of the molecule is C=CCN(CC(=O)N(Cc1cccn1C)CC(C)C)C(=O)Nc1cccc(CC)c1. The van der Waals surface area contributed by atoms with Crippen LogP contribution in [0.3, 0.4) is 0 Å².